The monoisotopic (exact) mass is 465 g/mol. The highest BCUT2D eigenvalue weighted by Gasteiger charge is 2.33. The lowest BCUT2D eigenvalue weighted by molar-refractivity contribution is -0.126. The molecule has 176 valence electrons. The van der Waals surface area contributed by atoms with E-state index in [2.05, 4.69) is 19.2 Å². The Morgan fingerprint density at radius 3 is 2.69 bits per heavy atom. The quantitative estimate of drug-likeness (QED) is 0.704. The summed E-state index contributed by atoms with van der Waals surface area (Å²) in [6.45, 7) is 5.22. The van der Waals surface area contributed by atoms with Gasteiger partial charge in [-0.05, 0) is 36.5 Å². The molecule has 4 rings (SSSR count). The van der Waals surface area contributed by atoms with Crippen molar-refractivity contribution in [3.05, 3.63) is 18.2 Å². The second kappa shape index (κ2) is 9.36. The van der Waals surface area contributed by atoms with Crippen molar-refractivity contribution >= 4 is 27.5 Å². The highest BCUT2D eigenvalue weighted by molar-refractivity contribution is 7.89. The first kappa shape index (κ1) is 23.0. The van der Waals surface area contributed by atoms with Gasteiger partial charge in [-0.1, -0.05) is 26.7 Å². The first-order chi connectivity index (χ1) is 15.3. The smallest absolute Gasteiger partial charge is 0.265 e. The topological polar surface area (TPSA) is 105 Å². The van der Waals surface area contributed by atoms with Crippen LogP contribution in [0, 0.1) is 11.8 Å². The van der Waals surface area contributed by atoms with E-state index in [1.807, 2.05) is 0 Å². The summed E-state index contributed by atoms with van der Waals surface area (Å²) < 4.78 is 38.2. The molecule has 1 saturated heterocycles. The van der Waals surface area contributed by atoms with Crippen LogP contribution in [0.25, 0.3) is 0 Å². The molecule has 0 radical (unpaired) electrons. The van der Waals surface area contributed by atoms with Gasteiger partial charge in [0.1, 0.15) is 12.3 Å². The molecule has 0 unspecified atom stereocenters. The molecule has 9 nitrogen and oxygen atoms in total. The zero-order valence-corrected chi connectivity index (χ0v) is 19.4. The second-order valence-electron chi connectivity index (χ2n) is 8.86. The molecule has 1 N–H and O–H groups in total. The number of fused-ring (bicyclic) bond motifs is 1. The van der Waals surface area contributed by atoms with Gasteiger partial charge in [-0.15, -0.1) is 0 Å². The van der Waals surface area contributed by atoms with Crippen molar-refractivity contribution in [1.82, 2.24) is 9.62 Å². The van der Waals surface area contributed by atoms with E-state index in [9.17, 15) is 18.0 Å². The molecular weight excluding hydrogens is 434 g/mol. The summed E-state index contributed by atoms with van der Waals surface area (Å²) in [5.74, 6) is 0.661. The fourth-order valence-corrected chi connectivity index (χ4v) is 6.06. The van der Waals surface area contributed by atoms with E-state index in [0.717, 1.165) is 19.3 Å². The van der Waals surface area contributed by atoms with Crippen LogP contribution in [0.3, 0.4) is 0 Å². The van der Waals surface area contributed by atoms with Gasteiger partial charge in [-0.3, -0.25) is 14.5 Å². The fourth-order valence-electron chi connectivity index (χ4n) is 4.63. The van der Waals surface area contributed by atoms with Crippen molar-refractivity contribution in [1.29, 1.82) is 0 Å². The zero-order chi connectivity index (χ0) is 22.9. The van der Waals surface area contributed by atoms with E-state index < -0.39 is 10.0 Å². The predicted octanol–water partition coefficient (Wildman–Crippen LogP) is 1.37. The molecule has 0 bridgehead atoms. The third-order valence-electron chi connectivity index (χ3n) is 6.84. The average Bonchev–Trinajstić information content (AvgIpc) is 2.79. The van der Waals surface area contributed by atoms with Crippen molar-refractivity contribution in [3.63, 3.8) is 0 Å². The van der Waals surface area contributed by atoms with Crippen LogP contribution >= 0.6 is 0 Å². The van der Waals surface area contributed by atoms with Crippen molar-refractivity contribution in [2.24, 2.45) is 11.8 Å². The Bertz CT molecular complexity index is 976. The van der Waals surface area contributed by atoms with Gasteiger partial charge in [0.05, 0.1) is 23.8 Å². The van der Waals surface area contributed by atoms with E-state index in [1.54, 1.807) is 6.07 Å². The summed E-state index contributed by atoms with van der Waals surface area (Å²) in [6.07, 6.45) is 3.15. The summed E-state index contributed by atoms with van der Waals surface area (Å²) in [5, 5.41) is 3.08. The summed E-state index contributed by atoms with van der Waals surface area (Å²) in [4.78, 5) is 26.8. The minimum absolute atomic E-state index is 0.0663. The Labute approximate surface area is 189 Å². The molecule has 2 amide bonds. The Morgan fingerprint density at radius 2 is 1.94 bits per heavy atom. The van der Waals surface area contributed by atoms with Crippen LogP contribution in [0.4, 0.5) is 5.69 Å². The van der Waals surface area contributed by atoms with Gasteiger partial charge >= 0.3 is 0 Å². The number of carbonyl (C=O) groups excluding carboxylic acids is 2. The maximum absolute atomic E-state index is 13.1. The number of carbonyl (C=O) groups is 2. The molecule has 2 heterocycles. The minimum Gasteiger partial charge on any atom is -0.482 e. The van der Waals surface area contributed by atoms with Crippen molar-refractivity contribution in [3.8, 4) is 5.75 Å². The highest BCUT2D eigenvalue weighted by Crippen LogP contribution is 2.35. The molecule has 2 aliphatic heterocycles. The summed E-state index contributed by atoms with van der Waals surface area (Å²) in [5.41, 5.74) is 0.302. The second-order valence-corrected chi connectivity index (χ2v) is 10.8. The number of ether oxygens (including phenoxy) is 2. The van der Waals surface area contributed by atoms with E-state index in [-0.39, 0.29) is 49.0 Å². The molecule has 0 spiro atoms. The van der Waals surface area contributed by atoms with E-state index in [0.29, 0.717) is 36.5 Å². The van der Waals surface area contributed by atoms with Crippen LogP contribution in [0.15, 0.2) is 23.1 Å². The molecule has 32 heavy (non-hydrogen) atoms. The SMILES string of the molecule is C[C@H]1[C@H](C)CCC[C@H]1NC(=O)CN1C(=O)COc2ccc(S(=O)(=O)N3CCOCC3)cc21. The summed E-state index contributed by atoms with van der Waals surface area (Å²) in [7, 11) is -3.74. The van der Waals surface area contributed by atoms with Crippen LogP contribution in [0.2, 0.25) is 0 Å². The molecule has 1 aromatic carbocycles. The highest BCUT2D eigenvalue weighted by atomic mass is 32.2. The number of hydrogen-bond acceptors (Lipinski definition) is 6. The largest absolute Gasteiger partial charge is 0.482 e. The third kappa shape index (κ3) is 4.62. The number of nitrogens with zero attached hydrogens (tertiary/aromatic N) is 2. The van der Waals surface area contributed by atoms with Crippen LogP contribution in [0.1, 0.15) is 33.1 Å². The molecule has 3 atom stereocenters. The van der Waals surface area contributed by atoms with E-state index >= 15 is 0 Å². The van der Waals surface area contributed by atoms with Gasteiger partial charge in [0.15, 0.2) is 6.61 Å². The molecule has 1 aromatic rings. The molecule has 3 aliphatic rings. The van der Waals surface area contributed by atoms with Crippen molar-refractivity contribution in [2.45, 2.75) is 44.0 Å². The van der Waals surface area contributed by atoms with Gasteiger partial charge in [-0.2, -0.15) is 4.31 Å². The predicted molar refractivity (Wildman–Crippen MR) is 118 cm³/mol. The van der Waals surface area contributed by atoms with Crippen molar-refractivity contribution < 1.29 is 27.5 Å². The fraction of sp³-hybridized carbons (Fsp3) is 0.636. The lowest BCUT2D eigenvalue weighted by atomic mass is 9.78. The lowest BCUT2D eigenvalue weighted by Crippen LogP contribution is -2.50. The Balaban J connectivity index is 1.54. The molecule has 1 saturated carbocycles. The van der Waals surface area contributed by atoms with Crippen LogP contribution < -0.4 is 15.0 Å². The number of nitrogens with one attached hydrogen (secondary N) is 1. The third-order valence-corrected chi connectivity index (χ3v) is 8.73. The Hall–Kier alpha value is -2.17. The minimum atomic E-state index is -3.74. The maximum Gasteiger partial charge on any atom is 0.265 e. The Kier molecular flexibility index (Phi) is 6.73. The van der Waals surface area contributed by atoms with Gasteiger partial charge in [-0.25, -0.2) is 8.42 Å². The zero-order valence-electron chi connectivity index (χ0n) is 18.6. The number of rotatable bonds is 5. The standard InChI is InChI=1S/C22H31N3O6S/c1-15-4-3-5-18(16(15)2)23-21(26)13-25-19-12-17(6-7-20(19)31-14-22(25)27)32(28,29)24-8-10-30-11-9-24/h6-7,12,15-16,18H,3-5,8-11,13-14H2,1-2H3,(H,23,26)/t15-,16+,18-/m1/s1. The first-order valence-corrected chi connectivity index (χ1v) is 12.7. The van der Waals surface area contributed by atoms with Gasteiger partial charge in [0.25, 0.3) is 5.91 Å². The maximum atomic E-state index is 13.1. The summed E-state index contributed by atoms with van der Waals surface area (Å²) >= 11 is 0. The molecule has 1 aliphatic carbocycles. The van der Waals surface area contributed by atoms with Gasteiger partial charge in [0.2, 0.25) is 15.9 Å². The summed E-state index contributed by atoms with van der Waals surface area (Å²) in [6, 6.07) is 4.53. The van der Waals surface area contributed by atoms with E-state index in [4.69, 9.17) is 9.47 Å². The average molecular weight is 466 g/mol. The number of hydrogen-bond donors (Lipinski definition) is 1. The van der Waals surface area contributed by atoms with Crippen LogP contribution in [-0.2, 0) is 24.3 Å². The number of benzene rings is 1. The van der Waals surface area contributed by atoms with E-state index in [1.165, 1.54) is 21.3 Å². The molecule has 0 aromatic heterocycles. The van der Waals surface area contributed by atoms with Crippen molar-refractivity contribution in [2.75, 3.05) is 44.4 Å². The van der Waals surface area contributed by atoms with Gasteiger partial charge < -0.3 is 14.8 Å². The molecule has 10 heteroatoms. The normalized spacial score (nSPS) is 26.9. The number of morpholine rings is 1. The van der Waals surface area contributed by atoms with Crippen LogP contribution in [0.5, 0.6) is 5.75 Å². The van der Waals surface area contributed by atoms with Gasteiger partial charge in [0, 0.05) is 19.1 Å². The number of anilines is 1. The first-order valence-electron chi connectivity index (χ1n) is 11.2. The lowest BCUT2D eigenvalue weighted by Gasteiger charge is -2.35. The molecular formula is C22H31N3O6S. The number of amides is 2. The Morgan fingerprint density at radius 1 is 1.19 bits per heavy atom. The molecule has 2 fully saturated rings. The van der Waals surface area contributed by atoms with Crippen LogP contribution in [-0.4, -0.2) is 70.0 Å². The number of sulfonamides is 1.